The van der Waals surface area contributed by atoms with Crippen LogP contribution in [0.3, 0.4) is 0 Å². The molecule has 84 valence electrons. The van der Waals surface area contributed by atoms with Crippen molar-refractivity contribution in [2.45, 2.75) is 26.2 Å². The molecule has 0 aliphatic rings. The number of H-pyrrole nitrogens is 1. The Labute approximate surface area is 93.1 Å². The highest BCUT2D eigenvalue weighted by molar-refractivity contribution is 5.82. The second-order valence-corrected chi connectivity index (χ2v) is 4.97. The molecular weight excluding hydrogens is 205 g/mol. The maximum Gasteiger partial charge on any atom is 0.284 e. The number of nitrogens with one attached hydrogen (secondary N) is 1. The summed E-state index contributed by atoms with van der Waals surface area (Å²) < 4.78 is 13.1. The standard InChI is InChI=1S/C13H14FNO/c1-13(2,3)9-6-4-5-8-7-10(14)12(16)15-11(8)9/h4-7H,1-3H3,(H,15,16). The number of hydrogen-bond donors (Lipinski definition) is 1. The summed E-state index contributed by atoms with van der Waals surface area (Å²) in [6.45, 7) is 6.18. The van der Waals surface area contributed by atoms with Crippen LogP contribution in [0, 0.1) is 5.82 Å². The maximum absolute atomic E-state index is 13.1. The van der Waals surface area contributed by atoms with Crippen LogP contribution in [0.5, 0.6) is 0 Å². The summed E-state index contributed by atoms with van der Waals surface area (Å²) in [6.07, 6.45) is 0. The van der Waals surface area contributed by atoms with Crippen LogP contribution in [0.1, 0.15) is 26.3 Å². The Hall–Kier alpha value is -1.64. The predicted octanol–water partition coefficient (Wildman–Crippen LogP) is 2.96. The van der Waals surface area contributed by atoms with E-state index in [9.17, 15) is 9.18 Å². The molecule has 0 bridgehead atoms. The number of para-hydroxylation sites is 1. The summed E-state index contributed by atoms with van der Waals surface area (Å²) >= 11 is 0. The number of fused-ring (bicyclic) bond motifs is 1. The van der Waals surface area contributed by atoms with E-state index in [2.05, 4.69) is 25.8 Å². The van der Waals surface area contributed by atoms with Gasteiger partial charge in [-0.1, -0.05) is 39.0 Å². The van der Waals surface area contributed by atoms with E-state index in [-0.39, 0.29) is 5.41 Å². The average Bonchev–Trinajstić information content (AvgIpc) is 2.17. The van der Waals surface area contributed by atoms with Crippen LogP contribution in [-0.4, -0.2) is 4.98 Å². The van der Waals surface area contributed by atoms with Gasteiger partial charge in [0.05, 0.1) is 5.52 Å². The number of rotatable bonds is 0. The van der Waals surface area contributed by atoms with Gasteiger partial charge in [-0.3, -0.25) is 4.79 Å². The van der Waals surface area contributed by atoms with Crippen LogP contribution in [0.25, 0.3) is 10.9 Å². The van der Waals surface area contributed by atoms with E-state index in [1.54, 1.807) is 6.07 Å². The molecule has 0 saturated heterocycles. The molecule has 1 aromatic carbocycles. The molecule has 0 amide bonds. The lowest BCUT2D eigenvalue weighted by atomic mass is 9.85. The minimum atomic E-state index is -0.737. The summed E-state index contributed by atoms with van der Waals surface area (Å²) in [5.41, 5.74) is 0.994. The summed E-state index contributed by atoms with van der Waals surface area (Å²) in [4.78, 5) is 13.9. The first-order chi connectivity index (χ1) is 7.39. The van der Waals surface area contributed by atoms with E-state index in [4.69, 9.17) is 0 Å². The Morgan fingerprint density at radius 1 is 1.25 bits per heavy atom. The Kier molecular flexibility index (Phi) is 2.34. The predicted molar refractivity (Wildman–Crippen MR) is 63.2 cm³/mol. The normalized spacial score (nSPS) is 12.0. The molecule has 0 aliphatic heterocycles. The fraction of sp³-hybridized carbons (Fsp3) is 0.308. The fourth-order valence-corrected chi connectivity index (χ4v) is 1.83. The summed E-state index contributed by atoms with van der Waals surface area (Å²) in [6, 6.07) is 6.91. The Bertz CT molecular complexity index is 593. The maximum atomic E-state index is 13.1. The zero-order valence-electron chi connectivity index (χ0n) is 9.60. The van der Waals surface area contributed by atoms with Crippen LogP contribution in [0.4, 0.5) is 4.39 Å². The van der Waals surface area contributed by atoms with Crippen LogP contribution < -0.4 is 5.56 Å². The fourth-order valence-electron chi connectivity index (χ4n) is 1.83. The lowest BCUT2D eigenvalue weighted by Gasteiger charge is -2.20. The third-order valence-electron chi connectivity index (χ3n) is 2.64. The minimum absolute atomic E-state index is 0.0831. The molecule has 0 radical (unpaired) electrons. The molecule has 0 saturated carbocycles. The van der Waals surface area contributed by atoms with Gasteiger partial charge in [0.25, 0.3) is 5.56 Å². The van der Waals surface area contributed by atoms with Crippen molar-refractivity contribution in [3.63, 3.8) is 0 Å². The van der Waals surface area contributed by atoms with Crippen LogP contribution in [-0.2, 0) is 5.41 Å². The van der Waals surface area contributed by atoms with Crippen molar-refractivity contribution in [3.05, 3.63) is 46.0 Å². The summed E-state index contributed by atoms with van der Waals surface area (Å²) in [5, 5.41) is 0.726. The average molecular weight is 219 g/mol. The highest BCUT2D eigenvalue weighted by Crippen LogP contribution is 2.27. The van der Waals surface area contributed by atoms with Crippen LogP contribution >= 0.6 is 0 Å². The molecule has 0 atom stereocenters. The number of halogens is 1. The van der Waals surface area contributed by atoms with Crippen molar-refractivity contribution in [1.82, 2.24) is 4.98 Å². The topological polar surface area (TPSA) is 32.9 Å². The molecule has 1 heterocycles. The molecule has 0 unspecified atom stereocenters. The first-order valence-electron chi connectivity index (χ1n) is 5.21. The first-order valence-corrected chi connectivity index (χ1v) is 5.21. The Balaban J connectivity index is 2.88. The zero-order valence-corrected chi connectivity index (χ0v) is 9.60. The lowest BCUT2D eigenvalue weighted by molar-refractivity contribution is 0.591. The molecule has 1 aromatic heterocycles. The molecule has 2 rings (SSSR count). The molecule has 16 heavy (non-hydrogen) atoms. The molecule has 0 fully saturated rings. The van der Waals surface area contributed by atoms with E-state index in [1.165, 1.54) is 6.07 Å². The Morgan fingerprint density at radius 2 is 1.94 bits per heavy atom. The molecule has 2 nitrogen and oxygen atoms in total. The van der Waals surface area contributed by atoms with Gasteiger partial charge in [-0.05, 0) is 17.0 Å². The first kappa shape index (κ1) is 10.9. The molecule has 1 N–H and O–H groups in total. The van der Waals surface area contributed by atoms with Gasteiger partial charge in [0.15, 0.2) is 5.82 Å². The number of pyridine rings is 1. The highest BCUT2D eigenvalue weighted by atomic mass is 19.1. The van der Waals surface area contributed by atoms with Gasteiger partial charge in [0, 0.05) is 5.39 Å². The molecule has 3 heteroatoms. The molecule has 0 aliphatic carbocycles. The SMILES string of the molecule is CC(C)(C)c1cccc2cc(F)c(=O)[nH]c12. The lowest BCUT2D eigenvalue weighted by Crippen LogP contribution is -2.16. The zero-order chi connectivity index (χ0) is 11.9. The number of benzene rings is 1. The van der Waals surface area contributed by atoms with Gasteiger partial charge < -0.3 is 4.98 Å². The van der Waals surface area contributed by atoms with Gasteiger partial charge in [-0.15, -0.1) is 0 Å². The largest absolute Gasteiger partial charge is 0.319 e. The number of aromatic amines is 1. The monoisotopic (exact) mass is 219 g/mol. The highest BCUT2D eigenvalue weighted by Gasteiger charge is 2.17. The van der Waals surface area contributed by atoms with Crippen molar-refractivity contribution >= 4 is 10.9 Å². The number of hydrogen-bond acceptors (Lipinski definition) is 1. The second-order valence-electron chi connectivity index (χ2n) is 4.97. The van der Waals surface area contributed by atoms with Crippen molar-refractivity contribution in [1.29, 1.82) is 0 Å². The van der Waals surface area contributed by atoms with E-state index in [1.807, 2.05) is 12.1 Å². The second kappa shape index (κ2) is 3.44. The van der Waals surface area contributed by atoms with Crippen LogP contribution in [0.15, 0.2) is 29.1 Å². The van der Waals surface area contributed by atoms with Crippen LogP contribution in [0.2, 0.25) is 0 Å². The molecular formula is C13H14FNO. The van der Waals surface area contributed by atoms with Gasteiger partial charge in [0.2, 0.25) is 0 Å². The minimum Gasteiger partial charge on any atom is -0.319 e. The Morgan fingerprint density at radius 3 is 2.56 bits per heavy atom. The third-order valence-corrected chi connectivity index (χ3v) is 2.64. The van der Waals surface area contributed by atoms with Gasteiger partial charge in [-0.2, -0.15) is 0 Å². The van der Waals surface area contributed by atoms with Gasteiger partial charge in [-0.25, -0.2) is 4.39 Å². The van der Waals surface area contributed by atoms with E-state index >= 15 is 0 Å². The molecule has 0 spiro atoms. The van der Waals surface area contributed by atoms with E-state index in [0.717, 1.165) is 16.5 Å². The van der Waals surface area contributed by atoms with Crippen molar-refractivity contribution in [2.75, 3.05) is 0 Å². The van der Waals surface area contributed by atoms with Gasteiger partial charge >= 0.3 is 0 Å². The summed E-state index contributed by atoms with van der Waals surface area (Å²) in [7, 11) is 0. The summed E-state index contributed by atoms with van der Waals surface area (Å²) in [5.74, 6) is -0.737. The number of aromatic nitrogens is 1. The van der Waals surface area contributed by atoms with Gasteiger partial charge in [0.1, 0.15) is 0 Å². The smallest absolute Gasteiger partial charge is 0.284 e. The van der Waals surface area contributed by atoms with Crippen molar-refractivity contribution in [3.8, 4) is 0 Å². The van der Waals surface area contributed by atoms with E-state index < -0.39 is 11.4 Å². The quantitative estimate of drug-likeness (QED) is 0.726. The van der Waals surface area contributed by atoms with Crippen molar-refractivity contribution in [2.24, 2.45) is 0 Å². The molecule has 2 aromatic rings. The third kappa shape index (κ3) is 1.73. The van der Waals surface area contributed by atoms with E-state index in [0.29, 0.717) is 0 Å². The van der Waals surface area contributed by atoms with Crippen molar-refractivity contribution < 1.29 is 4.39 Å².